The van der Waals surface area contributed by atoms with E-state index in [1.807, 2.05) is 13.0 Å². The first-order valence-corrected chi connectivity index (χ1v) is 6.78. The van der Waals surface area contributed by atoms with Crippen molar-refractivity contribution < 1.29 is 14.6 Å². The molecule has 0 spiro atoms. The standard InChI is InChI=1S/C15H16BrNO3/c1-8-4-10(15(18)14(5-8)20-3)9-6-13(19-2)11(16)7-12(9)17/h4-7,18H,17H2,1-3H3. The Hall–Kier alpha value is -1.88. The van der Waals surface area contributed by atoms with Crippen molar-refractivity contribution in [2.75, 3.05) is 20.0 Å². The van der Waals surface area contributed by atoms with Crippen LogP contribution in [0.3, 0.4) is 0 Å². The summed E-state index contributed by atoms with van der Waals surface area (Å²) in [6.45, 7) is 1.93. The first-order chi connectivity index (χ1) is 9.47. The predicted octanol–water partition coefficient (Wildman–Crippen LogP) is 3.73. The van der Waals surface area contributed by atoms with Crippen molar-refractivity contribution >= 4 is 21.6 Å². The van der Waals surface area contributed by atoms with Crippen molar-refractivity contribution in [1.82, 2.24) is 0 Å². The number of benzene rings is 2. The summed E-state index contributed by atoms with van der Waals surface area (Å²) in [5, 5.41) is 10.3. The summed E-state index contributed by atoms with van der Waals surface area (Å²) in [5.74, 6) is 1.13. The van der Waals surface area contributed by atoms with Gasteiger partial charge in [0.2, 0.25) is 0 Å². The normalized spacial score (nSPS) is 10.4. The number of ether oxygens (including phenoxy) is 2. The minimum absolute atomic E-state index is 0.0641. The van der Waals surface area contributed by atoms with Gasteiger partial charge >= 0.3 is 0 Å². The first-order valence-electron chi connectivity index (χ1n) is 5.99. The molecule has 0 radical (unpaired) electrons. The Morgan fingerprint density at radius 1 is 1.00 bits per heavy atom. The highest BCUT2D eigenvalue weighted by atomic mass is 79.9. The van der Waals surface area contributed by atoms with Crippen LogP contribution in [0.1, 0.15) is 5.56 Å². The highest BCUT2D eigenvalue weighted by Gasteiger charge is 2.15. The molecule has 0 aliphatic rings. The highest BCUT2D eigenvalue weighted by molar-refractivity contribution is 9.10. The molecule has 0 saturated heterocycles. The Balaban J connectivity index is 2.71. The molecule has 106 valence electrons. The van der Waals surface area contributed by atoms with E-state index in [9.17, 15) is 5.11 Å². The Morgan fingerprint density at radius 3 is 2.25 bits per heavy atom. The lowest BCUT2D eigenvalue weighted by atomic mass is 9.99. The minimum Gasteiger partial charge on any atom is -0.504 e. The maximum absolute atomic E-state index is 10.3. The number of hydrogen-bond donors (Lipinski definition) is 2. The number of aromatic hydroxyl groups is 1. The average Bonchev–Trinajstić information content (AvgIpc) is 2.41. The van der Waals surface area contributed by atoms with Gasteiger partial charge in [-0.1, -0.05) is 0 Å². The van der Waals surface area contributed by atoms with Gasteiger partial charge in [-0.15, -0.1) is 0 Å². The fourth-order valence-electron chi connectivity index (χ4n) is 2.06. The molecule has 2 rings (SSSR count). The zero-order chi connectivity index (χ0) is 14.9. The molecule has 4 nitrogen and oxygen atoms in total. The maximum atomic E-state index is 10.3. The zero-order valence-corrected chi connectivity index (χ0v) is 13.1. The van der Waals surface area contributed by atoms with Crippen LogP contribution in [0.25, 0.3) is 11.1 Å². The van der Waals surface area contributed by atoms with Gasteiger partial charge < -0.3 is 20.3 Å². The van der Waals surface area contributed by atoms with Crippen molar-refractivity contribution in [3.63, 3.8) is 0 Å². The molecule has 0 aromatic heterocycles. The molecular weight excluding hydrogens is 322 g/mol. The van der Waals surface area contributed by atoms with Gasteiger partial charge in [-0.05, 0) is 52.7 Å². The van der Waals surface area contributed by atoms with Gasteiger partial charge in [-0.2, -0.15) is 0 Å². The lowest BCUT2D eigenvalue weighted by molar-refractivity contribution is 0.374. The summed E-state index contributed by atoms with van der Waals surface area (Å²) in [4.78, 5) is 0. The van der Waals surface area contributed by atoms with Crippen LogP contribution in [0.4, 0.5) is 5.69 Å². The summed E-state index contributed by atoms with van der Waals surface area (Å²) in [6.07, 6.45) is 0. The van der Waals surface area contributed by atoms with Crippen molar-refractivity contribution in [2.24, 2.45) is 0 Å². The van der Waals surface area contributed by atoms with Crippen LogP contribution in [0, 0.1) is 6.92 Å². The molecule has 20 heavy (non-hydrogen) atoms. The molecular formula is C15H16BrNO3. The van der Waals surface area contributed by atoms with E-state index in [-0.39, 0.29) is 5.75 Å². The molecule has 0 unspecified atom stereocenters. The van der Waals surface area contributed by atoms with Crippen molar-refractivity contribution in [1.29, 1.82) is 0 Å². The Labute approximate surface area is 126 Å². The van der Waals surface area contributed by atoms with E-state index >= 15 is 0 Å². The number of halogens is 1. The van der Waals surface area contributed by atoms with E-state index in [2.05, 4.69) is 15.9 Å². The molecule has 5 heteroatoms. The SMILES string of the molecule is COc1cc(-c2cc(C)cc(OC)c2O)c(N)cc1Br. The molecule has 0 bridgehead atoms. The van der Waals surface area contributed by atoms with Crippen LogP contribution in [-0.4, -0.2) is 19.3 Å². The van der Waals surface area contributed by atoms with Crippen molar-refractivity contribution in [2.45, 2.75) is 6.92 Å². The van der Waals surface area contributed by atoms with E-state index in [1.165, 1.54) is 7.11 Å². The summed E-state index contributed by atoms with van der Waals surface area (Å²) < 4.78 is 11.2. The number of phenolic OH excluding ortho intramolecular Hbond substituents is 1. The van der Waals surface area contributed by atoms with Gasteiger partial charge in [0.25, 0.3) is 0 Å². The van der Waals surface area contributed by atoms with E-state index in [4.69, 9.17) is 15.2 Å². The second kappa shape index (κ2) is 5.63. The number of methoxy groups -OCH3 is 2. The van der Waals surface area contributed by atoms with E-state index in [0.717, 1.165) is 10.0 Å². The van der Waals surface area contributed by atoms with Crippen molar-refractivity contribution in [3.05, 3.63) is 34.3 Å². The fraction of sp³-hybridized carbons (Fsp3) is 0.200. The van der Waals surface area contributed by atoms with E-state index < -0.39 is 0 Å². The Bertz CT molecular complexity index is 656. The third kappa shape index (κ3) is 2.54. The van der Waals surface area contributed by atoms with Crippen LogP contribution in [0.15, 0.2) is 28.7 Å². The molecule has 2 aromatic rings. The monoisotopic (exact) mass is 337 g/mol. The van der Waals surface area contributed by atoms with Gasteiger partial charge in [0.05, 0.1) is 18.7 Å². The molecule has 2 aromatic carbocycles. The van der Waals surface area contributed by atoms with Crippen LogP contribution < -0.4 is 15.2 Å². The third-order valence-electron chi connectivity index (χ3n) is 3.05. The number of rotatable bonds is 3. The molecule has 0 aliphatic heterocycles. The third-order valence-corrected chi connectivity index (χ3v) is 3.67. The largest absolute Gasteiger partial charge is 0.504 e. The number of nitrogen functional groups attached to an aromatic ring is 1. The lowest BCUT2D eigenvalue weighted by Gasteiger charge is -2.14. The summed E-state index contributed by atoms with van der Waals surface area (Å²) in [7, 11) is 3.10. The van der Waals surface area contributed by atoms with E-state index in [0.29, 0.717) is 28.3 Å². The summed E-state index contributed by atoms with van der Waals surface area (Å²) >= 11 is 3.38. The van der Waals surface area contributed by atoms with Gasteiger partial charge in [0.15, 0.2) is 11.5 Å². The highest BCUT2D eigenvalue weighted by Crippen LogP contribution is 2.43. The molecule has 0 atom stereocenters. The van der Waals surface area contributed by atoms with Gasteiger partial charge in [-0.25, -0.2) is 0 Å². The Kier molecular flexibility index (Phi) is 4.09. The Morgan fingerprint density at radius 2 is 1.65 bits per heavy atom. The molecule has 0 amide bonds. The van der Waals surface area contributed by atoms with Crippen LogP contribution in [0.2, 0.25) is 0 Å². The molecule has 0 fully saturated rings. The maximum Gasteiger partial charge on any atom is 0.165 e. The molecule has 0 saturated carbocycles. The number of phenols is 1. The predicted molar refractivity (Wildman–Crippen MR) is 83.5 cm³/mol. The van der Waals surface area contributed by atoms with Crippen molar-refractivity contribution in [3.8, 4) is 28.4 Å². The first kappa shape index (κ1) is 14.5. The summed E-state index contributed by atoms with van der Waals surface area (Å²) in [5.41, 5.74) is 8.88. The quantitative estimate of drug-likeness (QED) is 0.837. The minimum atomic E-state index is 0.0641. The number of aryl methyl sites for hydroxylation is 1. The second-order valence-corrected chi connectivity index (χ2v) is 5.29. The molecule has 0 aliphatic carbocycles. The van der Waals surface area contributed by atoms with Gasteiger partial charge in [0.1, 0.15) is 5.75 Å². The van der Waals surface area contributed by atoms with Crippen LogP contribution in [-0.2, 0) is 0 Å². The van der Waals surface area contributed by atoms with Crippen LogP contribution in [0.5, 0.6) is 17.2 Å². The second-order valence-electron chi connectivity index (χ2n) is 4.44. The number of hydrogen-bond acceptors (Lipinski definition) is 4. The average molecular weight is 338 g/mol. The molecule has 0 heterocycles. The van der Waals surface area contributed by atoms with E-state index in [1.54, 1.807) is 25.3 Å². The topological polar surface area (TPSA) is 64.7 Å². The molecule has 3 N–H and O–H groups in total. The number of nitrogens with two attached hydrogens (primary N) is 1. The van der Waals surface area contributed by atoms with Crippen LogP contribution >= 0.6 is 15.9 Å². The fourth-order valence-corrected chi connectivity index (χ4v) is 2.59. The van der Waals surface area contributed by atoms with Gasteiger partial charge in [-0.3, -0.25) is 0 Å². The summed E-state index contributed by atoms with van der Waals surface area (Å²) in [6, 6.07) is 7.16. The number of anilines is 1. The zero-order valence-electron chi connectivity index (χ0n) is 11.5. The lowest BCUT2D eigenvalue weighted by Crippen LogP contribution is -1.95. The van der Waals surface area contributed by atoms with Gasteiger partial charge in [0, 0.05) is 16.8 Å². The smallest absolute Gasteiger partial charge is 0.165 e.